The van der Waals surface area contributed by atoms with Crippen molar-refractivity contribution in [1.82, 2.24) is 4.90 Å². The van der Waals surface area contributed by atoms with Crippen molar-refractivity contribution in [3.8, 4) is 0 Å². The highest BCUT2D eigenvalue weighted by Crippen LogP contribution is 2.40. The molecule has 9 nitrogen and oxygen atoms in total. The summed E-state index contributed by atoms with van der Waals surface area (Å²) in [5.74, 6) is -1.13. The van der Waals surface area contributed by atoms with Gasteiger partial charge in [-0.25, -0.2) is 9.69 Å². The fourth-order valence-corrected chi connectivity index (χ4v) is 6.84. The minimum atomic E-state index is -1.09. The Balaban J connectivity index is 1.49. The summed E-state index contributed by atoms with van der Waals surface area (Å²) in [5.41, 5.74) is 1.09. The monoisotopic (exact) mass is 725 g/mol. The van der Waals surface area contributed by atoms with Crippen LogP contribution in [0, 0.1) is 11.8 Å². The van der Waals surface area contributed by atoms with E-state index in [9.17, 15) is 14.4 Å². The molecule has 0 aliphatic carbocycles. The average Bonchev–Trinajstić information content (AvgIpc) is 3.54. The number of carbonyl (C=O) groups excluding carboxylic acids is 3. The van der Waals surface area contributed by atoms with E-state index in [4.69, 9.17) is 23.4 Å². The van der Waals surface area contributed by atoms with Gasteiger partial charge < -0.3 is 23.4 Å². The predicted octanol–water partition coefficient (Wildman–Crippen LogP) is 8.23. The number of nitrogens with zero attached hydrogens (tertiary/aromatic N) is 1. The molecule has 1 aliphatic heterocycles. The van der Waals surface area contributed by atoms with E-state index in [-0.39, 0.29) is 18.4 Å². The van der Waals surface area contributed by atoms with E-state index in [1.165, 1.54) is 11.8 Å². The number of amides is 2. The van der Waals surface area contributed by atoms with Gasteiger partial charge in [0.15, 0.2) is 6.10 Å². The van der Waals surface area contributed by atoms with Crippen molar-refractivity contribution in [2.45, 2.75) is 97.7 Å². The van der Waals surface area contributed by atoms with Crippen molar-refractivity contribution in [1.29, 1.82) is 0 Å². The van der Waals surface area contributed by atoms with Crippen molar-refractivity contribution < 1.29 is 37.7 Å². The molecule has 4 atom stereocenters. The van der Waals surface area contributed by atoms with Crippen LogP contribution in [0.3, 0.4) is 0 Å². The van der Waals surface area contributed by atoms with Crippen LogP contribution in [-0.2, 0) is 48.0 Å². The van der Waals surface area contributed by atoms with Gasteiger partial charge in [0.2, 0.25) is 5.91 Å². The number of benzene rings is 2. The Morgan fingerprint density at radius 3 is 2.27 bits per heavy atom. The van der Waals surface area contributed by atoms with Crippen LogP contribution < -0.4 is 0 Å². The molecular weight excluding hydrogens is 678 g/mol. The highest BCUT2D eigenvalue weighted by atomic mass is 79.9. The number of carbonyl (C=O) groups is 3. The third-order valence-electron chi connectivity index (χ3n) is 8.52. The van der Waals surface area contributed by atoms with Crippen molar-refractivity contribution in [2.24, 2.45) is 11.8 Å². The Labute approximate surface area is 292 Å². The van der Waals surface area contributed by atoms with Crippen molar-refractivity contribution in [3.63, 3.8) is 0 Å². The van der Waals surface area contributed by atoms with Gasteiger partial charge in [-0.2, -0.15) is 0 Å². The summed E-state index contributed by atoms with van der Waals surface area (Å²) < 4.78 is 30.5. The third-order valence-corrected chi connectivity index (χ3v) is 9.19. The van der Waals surface area contributed by atoms with Gasteiger partial charge in [-0.3, -0.25) is 9.59 Å². The molecule has 10 heteroatoms. The number of esters is 1. The van der Waals surface area contributed by atoms with E-state index in [2.05, 4.69) is 22.9 Å². The first-order chi connectivity index (χ1) is 22.9. The first kappa shape index (κ1) is 37.4. The number of aryl methyl sites for hydroxylation is 1. The van der Waals surface area contributed by atoms with Crippen LogP contribution in [0.2, 0.25) is 0 Å². The summed E-state index contributed by atoms with van der Waals surface area (Å²) in [6.45, 7) is 12.4. The zero-order chi connectivity index (χ0) is 34.8. The molecule has 0 spiro atoms. The molecule has 0 radical (unpaired) electrons. The molecule has 1 fully saturated rings. The van der Waals surface area contributed by atoms with Crippen molar-refractivity contribution in [2.75, 3.05) is 13.2 Å². The third kappa shape index (κ3) is 9.80. The van der Waals surface area contributed by atoms with Gasteiger partial charge in [-0.1, -0.05) is 81.4 Å². The first-order valence-electron chi connectivity index (χ1n) is 16.7. The fraction of sp³-hybridized carbons (Fsp3) is 0.500. The maximum absolute atomic E-state index is 14.5. The van der Waals surface area contributed by atoms with Crippen LogP contribution in [0.25, 0.3) is 0 Å². The lowest BCUT2D eigenvalue weighted by atomic mass is 9.86. The van der Waals surface area contributed by atoms with E-state index >= 15 is 0 Å². The lowest BCUT2D eigenvalue weighted by Crippen LogP contribution is -2.51. The van der Waals surface area contributed by atoms with Crippen molar-refractivity contribution >= 4 is 33.9 Å². The quantitative estimate of drug-likeness (QED) is 0.101. The second-order valence-electron chi connectivity index (χ2n) is 13.1. The van der Waals surface area contributed by atoms with E-state index in [1.807, 2.05) is 74.5 Å². The molecule has 2 aromatic carbocycles. The largest absolute Gasteiger partial charge is 0.461 e. The number of imide groups is 1. The zero-order valence-corrected chi connectivity index (χ0v) is 30.4. The van der Waals surface area contributed by atoms with Crippen molar-refractivity contribution in [3.05, 3.63) is 93.9 Å². The summed E-state index contributed by atoms with van der Waals surface area (Å²) in [4.78, 5) is 41.4. The van der Waals surface area contributed by atoms with Crippen LogP contribution in [0.4, 0.5) is 4.79 Å². The highest BCUT2D eigenvalue weighted by molar-refractivity contribution is 9.10. The van der Waals surface area contributed by atoms with Gasteiger partial charge in [0, 0.05) is 20.0 Å². The van der Waals surface area contributed by atoms with Crippen LogP contribution in [0.5, 0.6) is 0 Å². The summed E-state index contributed by atoms with van der Waals surface area (Å²) >= 11 is 3.61. The van der Waals surface area contributed by atoms with Crippen LogP contribution in [-0.4, -0.2) is 53.8 Å². The highest BCUT2D eigenvalue weighted by Gasteiger charge is 2.54. The number of ether oxygens (including phenoxy) is 4. The van der Waals surface area contributed by atoms with Crippen LogP contribution in [0.15, 0.2) is 75.6 Å². The number of hydrogen-bond acceptors (Lipinski definition) is 8. The second kappa shape index (κ2) is 17.3. The Morgan fingerprint density at radius 2 is 1.67 bits per heavy atom. The molecule has 1 unspecified atom stereocenters. The van der Waals surface area contributed by atoms with E-state index < -0.39 is 41.6 Å². The molecule has 4 rings (SSSR count). The summed E-state index contributed by atoms with van der Waals surface area (Å²) in [7, 11) is 0. The molecule has 260 valence electrons. The van der Waals surface area contributed by atoms with Gasteiger partial charge in [0.25, 0.3) is 0 Å². The average molecular weight is 727 g/mol. The molecule has 1 aromatic heterocycles. The zero-order valence-electron chi connectivity index (χ0n) is 28.8. The number of halogens is 1. The van der Waals surface area contributed by atoms with E-state index in [1.54, 1.807) is 19.9 Å². The molecule has 0 N–H and O–H groups in total. The Hall–Kier alpha value is -3.47. The molecule has 1 saturated heterocycles. The molecule has 0 bridgehead atoms. The Morgan fingerprint density at radius 1 is 1.02 bits per heavy atom. The topological polar surface area (TPSA) is 105 Å². The summed E-state index contributed by atoms with van der Waals surface area (Å²) in [6.07, 6.45) is 0.465. The number of cyclic esters (lactones) is 1. The van der Waals surface area contributed by atoms with Crippen LogP contribution in [0.1, 0.15) is 83.1 Å². The normalized spacial score (nSPS) is 17.6. The summed E-state index contributed by atoms with van der Waals surface area (Å²) in [5, 5.41) is 0. The molecule has 2 heterocycles. The SMILES string of the molecule is CC[C@H](COCCCc1oc([C@@H](OC(C)=O)[C@H](Cc2ccccc2)C(=O)N2C(=O)OC(C)(C)C2C(C)C)cc1Br)OCc1ccccc1. The maximum atomic E-state index is 14.5. The van der Waals surface area contributed by atoms with Gasteiger partial charge in [0.05, 0.1) is 35.8 Å². The number of furan rings is 1. The Kier molecular flexibility index (Phi) is 13.4. The lowest BCUT2D eigenvalue weighted by Gasteiger charge is -2.34. The lowest BCUT2D eigenvalue weighted by molar-refractivity contribution is -0.156. The first-order valence-corrected chi connectivity index (χ1v) is 17.5. The Bertz CT molecular complexity index is 1490. The molecule has 48 heavy (non-hydrogen) atoms. The summed E-state index contributed by atoms with van der Waals surface area (Å²) in [6, 6.07) is 20.7. The molecule has 2 amide bonds. The number of hydrogen-bond donors (Lipinski definition) is 0. The maximum Gasteiger partial charge on any atom is 0.417 e. The van der Waals surface area contributed by atoms with Gasteiger partial charge in [0.1, 0.15) is 17.1 Å². The van der Waals surface area contributed by atoms with E-state index in [0.29, 0.717) is 48.7 Å². The number of rotatable bonds is 17. The predicted molar refractivity (Wildman–Crippen MR) is 185 cm³/mol. The molecular formula is C38H48BrNO8. The minimum Gasteiger partial charge on any atom is -0.461 e. The van der Waals surface area contributed by atoms with Gasteiger partial charge >= 0.3 is 12.1 Å². The van der Waals surface area contributed by atoms with Gasteiger partial charge in [-0.15, -0.1) is 0 Å². The second-order valence-corrected chi connectivity index (χ2v) is 14.0. The smallest absolute Gasteiger partial charge is 0.417 e. The van der Waals surface area contributed by atoms with Crippen LogP contribution >= 0.6 is 15.9 Å². The fourth-order valence-electron chi connectivity index (χ4n) is 6.33. The molecule has 0 saturated carbocycles. The minimum absolute atomic E-state index is 0.00973. The van der Waals surface area contributed by atoms with Gasteiger partial charge in [-0.05, 0) is 72.2 Å². The standard InChI is InChI=1S/C38H48BrNO8/c1-7-29(45-23-28-17-12-9-13-18-28)24-44-20-14-19-32-31(39)22-33(47-32)34(46-26(4)41)30(21-27-15-10-8-11-16-27)36(42)40-35(25(2)3)38(5,6)48-37(40)43/h8-13,15-18,22,25,29-30,34-35H,7,14,19-21,23-24H2,1-6H3/t29-,30+,34+,35?/m1/s1. The molecule has 1 aliphatic rings. The molecule has 3 aromatic rings. The van der Waals surface area contributed by atoms with E-state index in [0.717, 1.165) is 17.5 Å².